The Bertz CT molecular complexity index is 786. The molecule has 0 spiro atoms. The first-order valence-electron chi connectivity index (χ1n) is 11.0. The van der Waals surface area contributed by atoms with Gasteiger partial charge in [0.25, 0.3) is 0 Å². The molecular weight excluding hydrogens is 400 g/mol. The third-order valence-corrected chi connectivity index (χ3v) is 6.09. The minimum absolute atomic E-state index is 0.0910. The molecule has 164 valence electrons. The highest BCUT2D eigenvalue weighted by Crippen LogP contribution is 2.27. The molecule has 3 rings (SSSR count). The number of carbonyl (C=O) groups is 1. The molecule has 1 aromatic carbocycles. The van der Waals surface area contributed by atoms with Crippen molar-refractivity contribution in [3.8, 4) is 6.07 Å². The number of hydrogen-bond donors (Lipinski definition) is 2. The van der Waals surface area contributed by atoms with E-state index in [0.29, 0.717) is 16.6 Å². The number of benzene rings is 1. The Morgan fingerprint density at radius 2 is 1.93 bits per heavy atom. The van der Waals surface area contributed by atoms with E-state index in [4.69, 9.17) is 21.6 Å². The molecule has 2 aliphatic rings. The van der Waals surface area contributed by atoms with Crippen LogP contribution in [0, 0.1) is 11.3 Å². The fraction of sp³-hybridized carbons (Fsp3) is 0.652. The minimum atomic E-state index is -0.492. The SMILES string of the molecule is CC(C)(C)OC(=O)N[C@@H]1CCCC[C@H]1NC1CCCN(c2ccc(C#N)c(Cl)c2)C1. The van der Waals surface area contributed by atoms with E-state index in [2.05, 4.69) is 21.6 Å². The van der Waals surface area contributed by atoms with Gasteiger partial charge in [0.15, 0.2) is 0 Å². The quantitative estimate of drug-likeness (QED) is 0.726. The molecule has 1 aliphatic heterocycles. The lowest BCUT2D eigenvalue weighted by molar-refractivity contribution is 0.0476. The highest BCUT2D eigenvalue weighted by molar-refractivity contribution is 6.32. The molecule has 0 aromatic heterocycles. The first-order valence-corrected chi connectivity index (χ1v) is 11.3. The number of piperidine rings is 1. The molecule has 1 amide bonds. The highest BCUT2D eigenvalue weighted by Gasteiger charge is 2.31. The molecule has 2 N–H and O–H groups in total. The van der Waals surface area contributed by atoms with Gasteiger partial charge in [-0.3, -0.25) is 0 Å². The van der Waals surface area contributed by atoms with Crippen molar-refractivity contribution in [2.45, 2.75) is 83.0 Å². The van der Waals surface area contributed by atoms with Gasteiger partial charge in [0, 0.05) is 36.9 Å². The van der Waals surface area contributed by atoms with Crippen molar-refractivity contribution in [2.24, 2.45) is 0 Å². The lowest BCUT2D eigenvalue weighted by atomic mass is 9.89. The van der Waals surface area contributed by atoms with Crippen LogP contribution in [-0.4, -0.2) is 42.9 Å². The number of anilines is 1. The smallest absolute Gasteiger partial charge is 0.407 e. The summed E-state index contributed by atoms with van der Waals surface area (Å²) in [6.45, 7) is 7.52. The van der Waals surface area contributed by atoms with E-state index in [1.807, 2.05) is 32.9 Å². The maximum atomic E-state index is 12.3. The molecule has 1 aliphatic carbocycles. The third-order valence-electron chi connectivity index (χ3n) is 5.78. The molecule has 30 heavy (non-hydrogen) atoms. The Balaban J connectivity index is 1.60. The van der Waals surface area contributed by atoms with Gasteiger partial charge in [-0.2, -0.15) is 5.26 Å². The third kappa shape index (κ3) is 6.26. The molecule has 2 fully saturated rings. The summed E-state index contributed by atoms with van der Waals surface area (Å²) < 4.78 is 5.46. The van der Waals surface area contributed by atoms with Crippen LogP contribution in [0.1, 0.15) is 64.9 Å². The lowest BCUT2D eigenvalue weighted by Gasteiger charge is -2.40. The molecule has 1 unspecified atom stereocenters. The van der Waals surface area contributed by atoms with Gasteiger partial charge < -0.3 is 20.3 Å². The summed E-state index contributed by atoms with van der Waals surface area (Å²) in [7, 11) is 0. The van der Waals surface area contributed by atoms with E-state index in [-0.39, 0.29) is 18.2 Å². The summed E-state index contributed by atoms with van der Waals surface area (Å²) in [6, 6.07) is 8.45. The van der Waals surface area contributed by atoms with Crippen LogP contribution in [0.15, 0.2) is 18.2 Å². The highest BCUT2D eigenvalue weighted by atomic mass is 35.5. The average Bonchev–Trinajstić information content (AvgIpc) is 2.68. The molecule has 0 radical (unpaired) electrons. The molecule has 1 heterocycles. The van der Waals surface area contributed by atoms with Gasteiger partial charge in [-0.1, -0.05) is 24.4 Å². The Morgan fingerprint density at radius 1 is 1.20 bits per heavy atom. The molecule has 6 nitrogen and oxygen atoms in total. The van der Waals surface area contributed by atoms with Gasteiger partial charge in [-0.15, -0.1) is 0 Å². The van der Waals surface area contributed by atoms with E-state index < -0.39 is 5.60 Å². The second kappa shape index (κ2) is 9.89. The summed E-state index contributed by atoms with van der Waals surface area (Å²) in [5.41, 5.74) is 1.07. The van der Waals surface area contributed by atoms with Crippen molar-refractivity contribution in [2.75, 3.05) is 18.0 Å². The standard InChI is InChI=1S/C23H33ClN4O2/c1-23(2,3)30-22(29)27-21-9-5-4-8-20(21)26-17-7-6-12-28(15-17)18-11-10-16(14-25)19(24)13-18/h10-11,13,17,20-21,26H,4-9,12,15H2,1-3H3,(H,27,29)/t17?,20-,21-/m1/s1. The first-order chi connectivity index (χ1) is 14.2. The predicted molar refractivity (Wildman–Crippen MR) is 120 cm³/mol. The summed E-state index contributed by atoms with van der Waals surface area (Å²) in [6.07, 6.45) is 6.18. The summed E-state index contributed by atoms with van der Waals surface area (Å²) in [5, 5.41) is 16.5. The van der Waals surface area contributed by atoms with E-state index in [1.54, 1.807) is 6.07 Å². The van der Waals surface area contributed by atoms with E-state index in [0.717, 1.165) is 50.9 Å². The predicted octanol–water partition coefficient (Wildman–Crippen LogP) is 4.61. The number of rotatable bonds is 4. The molecule has 1 aromatic rings. The van der Waals surface area contributed by atoms with Crippen LogP contribution in [0.5, 0.6) is 0 Å². The normalized spacial score (nSPS) is 24.8. The second-order valence-electron chi connectivity index (χ2n) is 9.37. The Morgan fingerprint density at radius 3 is 2.60 bits per heavy atom. The number of hydrogen-bond acceptors (Lipinski definition) is 5. The maximum Gasteiger partial charge on any atom is 0.407 e. The largest absolute Gasteiger partial charge is 0.444 e. The topological polar surface area (TPSA) is 77.4 Å². The monoisotopic (exact) mass is 432 g/mol. The molecular formula is C23H33ClN4O2. The van der Waals surface area contributed by atoms with E-state index in [9.17, 15) is 4.79 Å². The number of carbonyl (C=O) groups excluding carboxylic acids is 1. The zero-order valence-electron chi connectivity index (χ0n) is 18.2. The Kier molecular flexibility index (Phi) is 7.49. The molecule has 0 bridgehead atoms. The summed E-state index contributed by atoms with van der Waals surface area (Å²) in [5.74, 6) is 0. The van der Waals surface area contributed by atoms with Crippen LogP contribution < -0.4 is 15.5 Å². The van der Waals surface area contributed by atoms with Crippen molar-refractivity contribution in [1.82, 2.24) is 10.6 Å². The summed E-state index contributed by atoms with van der Waals surface area (Å²) in [4.78, 5) is 14.6. The fourth-order valence-electron chi connectivity index (χ4n) is 4.40. The van der Waals surface area contributed by atoms with Crippen molar-refractivity contribution < 1.29 is 9.53 Å². The van der Waals surface area contributed by atoms with Gasteiger partial charge in [0.1, 0.15) is 11.7 Å². The number of alkyl carbamates (subject to hydrolysis) is 1. The van der Waals surface area contributed by atoms with Crippen molar-refractivity contribution in [3.63, 3.8) is 0 Å². The number of nitriles is 1. The van der Waals surface area contributed by atoms with Gasteiger partial charge >= 0.3 is 6.09 Å². The fourth-order valence-corrected chi connectivity index (χ4v) is 4.62. The van der Waals surface area contributed by atoms with E-state index >= 15 is 0 Å². The molecule has 1 saturated heterocycles. The lowest BCUT2D eigenvalue weighted by Crippen LogP contribution is -2.57. The van der Waals surface area contributed by atoms with Gasteiger partial charge in [-0.25, -0.2) is 4.79 Å². The number of nitrogens with one attached hydrogen (secondary N) is 2. The van der Waals surface area contributed by atoms with Crippen LogP contribution >= 0.6 is 11.6 Å². The molecule has 1 saturated carbocycles. The zero-order valence-corrected chi connectivity index (χ0v) is 19.0. The van der Waals surface area contributed by atoms with Crippen molar-refractivity contribution >= 4 is 23.4 Å². The van der Waals surface area contributed by atoms with Crippen LogP contribution in [0.25, 0.3) is 0 Å². The minimum Gasteiger partial charge on any atom is -0.444 e. The number of amides is 1. The van der Waals surface area contributed by atoms with Gasteiger partial charge in [0.05, 0.1) is 10.6 Å². The van der Waals surface area contributed by atoms with Crippen LogP contribution in [0.3, 0.4) is 0 Å². The van der Waals surface area contributed by atoms with Crippen LogP contribution in [0.4, 0.5) is 10.5 Å². The number of halogens is 1. The summed E-state index contributed by atoms with van der Waals surface area (Å²) >= 11 is 6.24. The molecule has 3 atom stereocenters. The average molecular weight is 433 g/mol. The maximum absolute atomic E-state index is 12.3. The first kappa shape index (κ1) is 22.7. The number of ether oxygens (including phenoxy) is 1. The Hall–Kier alpha value is -1.97. The van der Waals surface area contributed by atoms with Crippen molar-refractivity contribution in [3.05, 3.63) is 28.8 Å². The van der Waals surface area contributed by atoms with Crippen LogP contribution in [0.2, 0.25) is 5.02 Å². The zero-order chi connectivity index (χ0) is 21.7. The second-order valence-corrected chi connectivity index (χ2v) is 9.78. The van der Waals surface area contributed by atoms with Crippen LogP contribution in [-0.2, 0) is 4.74 Å². The Labute approximate surface area is 184 Å². The molecule has 7 heteroatoms. The van der Waals surface area contributed by atoms with Crippen molar-refractivity contribution in [1.29, 1.82) is 5.26 Å². The van der Waals surface area contributed by atoms with E-state index in [1.165, 1.54) is 6.42 Å². The number of nitrogens with zero attached hydrogens (tertiary/aromatic N) is 2. The van der Waals surface area contributed by atoms with Gasteiger partial charge in [-0.05, 0) is 64.7 Å². The van der Waals surface area contributed by atoms with Gasteiger partial charge in [0.2, 0.25) is 0 Å².